The molecule has 0 atom stereocenters. The van der Waals surface area contributed by atoms with Crippen LogP contribution in [-0.4, -0.2) is 12.8 Å². The fourth-order valence-corrected chi connectivity index (χ4v) is 1.91. The van der Waals surface area contributed by atoms with E-state index in [1.54, 1.807) is 7.11 Å². The first-order valence-electron chi connectivity index (χ1n) is 5.84. The Morgan fingerprint density at radius 2 is 2.00 bits per heavy atom. The SMILES string of the molecule is COc1cccc(NN=C2CCCCC2)c1. The van der Waals surface area contributed by atoms with E-state index in [-0.39, 0.29) is 0 Å². The molecule has 0 heterocycles. The molecule has 1 fully saturated rings. The van der Waals surface area contributed by atoms with E-state index in [4.69, 9.17) is 4.74 Å². The lowest BCUT2D eigenvalue weighted by Gasteiger charge is -2.12. The zero-order chi connectivity index (χ0) is 11.2. The monoisotopic (exact) mass is 218 g/mol. The average Bonchev–Trinajstić information content (AvgIpc) is 2.38. The second-order valence-electron chi connectivity index (χ2n) is 4.08. The van der Waals surface area contributed by atoms with Crippen molar-refractivity contribution in [3.8, 4) is 5.75 Å². The molecule has 16 heavy (non-hydrogen) atoms. The van der Waals surface area contributed by atoms with E-state index in [9.17, 15) is 0 Å². The molecule has 0 bridgehead atoms. The zero-order valence-electron chi connectivity index (χ0n) is 9.70. The van der Waals surface area contributed by atoms with Crippen LogP contribution in [0.2, 0.25) is 0 Å². The number of anilines is 1. The van der Waals surface area contributed by atoms with Crippen LogP contribution in [0.4, 0.5) is 5.69 Å². The minimum Gasteiger partial charge on any atom is -0.497 e. The number of nitrogens with zero attached hydrogens (tertiary/aromatic N) is 1. The molecule has 0 saturated heterocycles. The number of hydrazone groups is 1. The maximum Gasteiger partial charge on any atom is 0.120 e. The fourth-order valence-electron chi connectivity index (χ4n) is 1.91. The Morgan fingerprint density at radius 1 is 1.19 bits per heavy atom. The van der Waals surface area contributed by atoms with Crippen molar-refractivity contribution in [2.45, 2.75) is 32.1 Å². The van der Waals surface area contributed by atoms with Gasteiger partial charge in [-0.3, -0.25) is 5.43 Å². The minimum absolute atomic E-state index is 0.855. The molecule has 1 aromatic carbocycles. The third-order valence-corrected chi connectivity index (χ3v) is 2.84. The number of ether oxygens (including phenoxy) is 1. The van der Waals surface area contributed by atoms with Gasteiger partial charge in [0.1, 0.15) is 5.75 Å². The van der Waals surface area contributed by atoms with Crippen LogP contribution in [0, 0.1) is 0 Å². The average molecular weight is 218 g/mol. The second kappa shape index (κ2) is 5.54. The molecule has 1 N–H and O–H groups in total. The summed E-state index contributed by atoms with van der Waals surface area (Å²) in [5.41, 5.74) is 5.37. The van der Waals surface area contributed by atoms with Crippen LogP contribution in [0.25, 0.3) is 0 Å². The van der Waals surface area contributed by atoms with Crippen molar-refractivity contribution in [3.63, 3.8) is 0 Å². The Labute approximate surface area is 96.5 Å². The maximum atomic E-state index is 5.16. The largest absolute Gasteiger partial charge is 0.497 e. The lowest BCUT2D eigenvalue weighted by molar-refractivity contribution is 0.415. The summed E-state index contributed by atoms with van der Waals surface area (Å²) >= 11 is 0. The topological polar surface area (TPSA) is 33.6 Å². The molecule has 1 aliphatic rings. The normalized spacial score (nSPS) is 15.7. The van der Waals surface area contributed by atoms with Gasteiger partial charge < -0.3 is 4.74 Å². The van der Waals surface area contributed by atoms with E-state index in [2.05, 4.69) is 10.5 Å². The van der Waals surface area contributed by atoms with Crippen LogP contribution in [0.1, 0.15) is 32.1 Å². The number of methoxy groups -OCH3 is 1. The first kappa shape index (κ1) is 11.0. The van der Waals surface area contributed by atoms with Crippen molar-refractivity contribution in [3.05, 3.63) is 24.3 Å². The number of nitrogens with one attached hydrogen (secondary N) is 1. The van der Waals surface area contributed by atoms with Crippen molar-refractivity contribution in [2.75, 3.05) is 12.5 Å². The summed E-state index contributed by atoms with van der Waals surface area (Å²) in [5.74, 6) is 0.855. The molecule has 1 aliphatic carbocycles. The molecule has 0 aromatic heterocycles. The predicted octanol–water partition coefficient (Wildman–Crippen LogP) is 3.43. The summed E-state index contributed by atoms with van der Waals surface area (Å²) in [5, 5.41) is 4.44. The number of hydrogen-bond donors (Lipinski definition) is 1. The van der Waals surface area contributed by atoms with E-state index < -0.39 is 0 Å². The summed E-state index contributed by atoms with van der Waals surface area (Å²) in [7, 11) is 1.67. The minimum atomic E-state index is 0.855. The molecular formula is C13H18N2O. The molecule has 3 heteroatoms. The summed E-state index contributed by atoms with van der Waals surface area (Å²) in [6.45, 7) is 0. The Bertz CT molecular complexity index is 366. The van der Waals surface area contributed by atoms with E-state index in [0.29, 0.717) is 0 Å². The molecule has 0 amide bonds. The summed E-state index contributed by atoms with van der Waals surface area (Å²) in [4.78, 5) is 0. The van der Waals surface area contributed by atoms with Gasteiger partial charge in [-0.05, 0) is 37.8 Å². The van der Waals surface area contributed by atoms with Crippen LogP contribution >= 0.6 is 0 Å². The second-order valence-corrected chi connectivity index (χ2v) is 4.08. The van der Waals surface area contributed by atoms with Gasteiger partial charge in [0.05, 0.1) is 12.8 Å². The van der Waals surface area contributed by atoms with Gasteiger partial charge in [-0.15, -0.1) is 0 Å². The van der Waals surface area contributed by atoms with E-state index in [1.165, 1.54) is 25.0 Å². The Morgan fingerprint density at radius 3 is 2.75 bits per heavy atom. The number of rotatable bonds is 3. The molecule has 0 aliphatic heterocycles. The third-order valence-electron chi connectivity index (χ3n) is 2.84. The van der Waals surface area contributed by atoms with Crippen LogP contribution < -0.4 is 10.2 Å². The molecule has 1 aromatic rings. The Balaban J connectivity index is 1.97. The molecule has 0 spiro atoms. The smallest absolute Gasteiger partial charge is 0.120 e. The van der Waals surface area contributed by atoms with Crippen LogP contribution in [0.3, 0.4) is 0 Å². The molecule has 3 nitrogen and oxygen atoms in total. The summed E-state index contributed by atoms with van der Waals surface area (Å²) in [6.07, 6.45) is 6.17. The Kier molecular flexibility index (Phi) is 3.81. The Hall–Kier alpha value is -1.51. The summed E-state index contributed by atoms with van der Waals surface area (Å²) in [6, 6.07) is 7.84. The standard InChI is InChI=1S/C13H18N2O/c1-16-13-9-5-8-12(10-13)15-14-11-6-3-2-4-7-11/h5,8-10,15H,2-4,6-7H2,1H3. The van der Waals surface area contributed by atoms with Gasteiger partial charge >= 0.3 is 0 Å². The van der Waals surface area contributed by atoms with Crippen molar-refractivity contribution < 1.29 is 4.74 Å². The molecule has 0 radical (unpaired) electrons. The van der Waals surface area contributed by atoms with Crippen molar-refractivity contribution in [1.82, 2.24) is 0 Å². The first-order valence-corrected chi connectivity index (χ1v) is 5.84. The van der Waals surface area contributed by atoms with Gasteiger partial charge in [0.25, 0.3) is 0 Å². The molecule has 0 unspecified atom stereocenters. The molecule has 86 valence electrons. The van der Waals surface area contributed by atoms with Gasteiger partial charge in [-0.25, -0.2) is 0 Å². The summed E-state index contributed by atoms with van der Waals surface area (Å²) < 4.78 is 5.16. The van der Waals surface area contributed by atoms with Crippen molar-refractivity contribution >= 4 is 11.4 Å². The van der Waals surface area contributed by atoms with Gasteiger partial charge in [0.15, 0.2) is 0 Å². The predicted molar refractivity (Wildman–Crippen MR) is 67.1 cm³/mol. The quantitative estimate of drug-likeness (QED) is 0.788. The highest BCUT2D eigenvalue weighted by Crippen LogP contribution is 2.18. The lowest BCUT2D eigenvalue weighted by atomic mass is 9.99. The zero-order valence-corrected chi connectivity index (χ0v) is 9.70. The highest BCUT2D eigenvalue weighted by Gasteiger charge is 2.06. The van der Waals surface area contributed by atoms with E-state index >= 15 is 0 Å². The van der Waals surface area contributed by atoms with Crippen LogP contribution in [0.5, 0.6) is 5.75 Å². The van der Waals surface area contributed by atoms with Gasteiger partial charge in [-0.1, -0.05) is 12.5 Å². The highest BCUT2D eigenvalue weighted by molar-refractivity contribution is 5.85. The number of hydrogen-bond acceptors (Lipinski definition) is 3. The molecule has 1 saturated carbocycles. The van der Waals surface area contributed by atoms with E-state index in [0.717, 1.165) is 24.3 Å². The van der Waals surface area contributed by atoms with Gasteiger partial charge in [0.2, 0.25) is 0 Å². The van der Waals surface area contributed by atoms with Gasteiger partial charge in [0, 0.05) is 11.8 Å². The molecule has 2 rings (SSSR count). The van der Waals surface area contributed by atoms with Crippen LogP contribution in [-0.2, 0) is 0 Å². The van der Waals surface area contributed by atoms with Crippen LogP contribution in [0.15, 0.2) is 29.4 Å². The van der Waals surface area contributed by atoms with Crippen molar-refractivity contribution in [2.24, 2.45) is 5.10 Å². The lowest BCUT2D eigenvalue weighted by Crippen LogP contribution is -2.07. The number of benzene rings is 1. The van der Waals surface area contributed by atoms with Gasteiger partial charge in [-0.2, -0.15) is 5.10 Å². The highest BCUT2D eigenvalue weighted by atomic mass is 16.5. The first-order chi connectivity index (χ1) is 7.88. The van der Waals surface area contributed by atoms with Crippen molar-refractivity contribution in [1.29, 1.82) is 0 Å². The maximum absolute atomic E-state index is 5.16. The fraction of sp³-hybridized carbons (Fsp3) is 0.462. The third kappa shape index (κ3) is 2.99. The van der Waals surface area contributed by atoms with E-state index in [1.807, 2.05) is 24.3 Å². The molecular weight excluding hydrogens is 200 g/mol.